The molecular formula is C30H20O2. The van der Waals surface area contributed by atoms with Gasteiger partial charge in [-0.2, -0.15) is 0 Å². The molecule has 1 aliphatic rings. The number of carbonyl (C=O) groups excluding carboxylic acids is 2. The second-order valence-corrected chi connectivity index (χ2v) is 7.76. The molecule has 0 fully saturated rings. The Kier molecular flexibility index (Phi) is 5.19. The minimum Gasteiger partial charge on any atom is -0.289 e. The summed E-state index contributed by atoms with van der Waals surface area (Å²) in [5, 5.41) is 0. The van der Waals surface area contributed by atoms with Gasteiger partial charge in [0, 0.05) is 22.3 Å². The lowest BCUT2D eigenvalue weighted by atomic mass is 9.82. The van der Waals surface area contributed by atoms with Crippen LogP contribution in [0.5, 0.6) is 0 Å². The first-order chi connectivity index (χ1) is 15.7. The third-order valence-corrected chi connectivity index (χ3v) is 5.60. The second-order valence-electron chi connectivity index (χ2n) is 7.76. The minimum absolute atomic E-state index is 0.105. The van der Waals surface area contributed by atoms with Crippen molar-refractivity contribution < 1.29 is 9.59 Å². The zero-order chi connectivity index (χ0) is 21.9. The third kappa shape index (κ3) is 3.86. The molecule has 0 atom stereocenters. The fraction of sp³-hybridized carbons (Fsp3) is 0. The first-order valence-electron chi connectivity index (χ1n) is 10.5. The Labute approximate surface area is 187 Å². The van der Waals surface area contributed by atoms with Crippen molar-refractivity contribution in [3.63, 3.8) is 0 Å². The standard InChI is InChI=1S/C30H20O2/c31-29-25-17-15-23(13-11-21-7-3-1-4-8-21)19-27(25)30(32)28-20-24(16-18-26(28)29)14-12-22-9-5-2-6-10-22/h1-20H. The van der Waals surface area contributed by atoms with Gasteiger partial charge in [-0.15, -0.1) is 0 Å². The highest BCUT2D eigenvalue weighted by Crippen LogP contribution is 2.29. The molecule has 4 aromatic rings. The summed E-state index contributed by atoms with van der Waals surface area (Å²) in [6.45, 7) is 0. The van der Waals surface area contributed by atoms with Crippen LogP contribution in [-0.2, 0) is 0 Å². The Morgan fingerprint density at radius 2 is 0.750 bits per heavy atom. The Balaban J connectivity index is 1.47. The van der Waals surface area contributed by atoms with Gasteiger partial charge in [0.05, 0.1) is 0 Å². The van der Waals surface area contributed by atoms with Crippen LogP contribution in [0.4, 0.5) is 0 Å². The van der Waals surface area contributed by atoms with Crippen molar-refractivity contribution in [1.82, 2.24) is 0 Å². The molecule has 152 valence electrons. The fourth-order valence-electron chi connectivity index (χ4n) is 3.91. The van der Waals surface area contributed by atoms with E-state index in [9.17, 15) is 9.59 Å². The molecule has 0 saturated carbocycles. The van der Waals surface area contributed by atoms with Gasteiger partial charge in [-0.1, -0.05) is 97.1 Å². The minimum atomic E-state index is -0.112. The van der Waals surface area contributed by atoms with Crippen LogP contribution >= 0.6 is 0 Å². The molecule has 0 unspecified atom stereocenters. The highest BCUT2D eigenvalue weighted by molar-refractivity contribution is 6.28. The van der Waals surface area contributed by atoms with Crippen LogP contribution in [0.3, 0.4) is 0 Å². The number of benzene rings is 4. The Morgan fingerprint density at radius 3 is 1.19 bits per heavy atom. The van der Waals surface area contributed by atoms with E-state index in [1.807, 2.05) is 109 Å². The SMILES string of the molecule is O=C1c2ccc(C=Cc3ccccc3)cc2C(=O)c2cc(C=Cc3ccccc3)ccc21. The maximum atomic E-state index is 13.3. The van der Waals surface area contributed by atoms with E-state index in [1.165, 1.54) is 0 Å². The van der Waals surface area contributed by atoms with Crippen LogP contribution in [0, 0.1) is 0 Å². The van der Waals surface area contributed by atoms with Crippen molar-refractivity contribution in [2.24, 2.45) is 0 Å². The smallest absolute Gasteiger partial charge is 0.194 e. The topological polar surface area (TPSA) is 34.1 Å². The lowest BCUT2D eigenvalue weighted by Crippen LogP contribution is -2.21. The number of fused-ring (bicyclic) bond motifs is 2. The van der Waals surface area contributed by atoms with E-state index < -0.39 is 0 Å². The van der Waals surface area contributed by atoms with E-state index in [0.29, 0.717) is 22.3 Å². The highest BCUT2D eigenvalue weighted by Gasteiger charge is 2.29. The average Bonchev–Trinajstić information content (AvgIpc) is 2.86. The van der Waals surface area contributed by atoms with Gasteiger partial charge >= 0.3 is 0 Å². The second kappa shape index (κ2) is 8.44. The zero-order valence-corrected chi connectivity index (χ0v) is 17.4. The first-order valence-corrected chi connectivity index (χ1v) is 10.5. The van der Waals surface area contributed by atoms with Crippen molar-refractivity contribution in [3.8, 4) is 0 Å². The predicted molar refractivity (Wildman–Crippen MR) is 130 cm³/mol. The Bertz CT molecular complexity index is 1270. The molecule has 2 heteroatoms. The van der Waals surface area contributed by atoms with E-state index in [2.05, 4.69) is 0 Å². The monoisotopic (exact) mass is 412 g/mol. The van der Waals surface area contributed by atoms with Gasteiger partial charge < -0.3 is 0 Å². The summed E-state index contributed by atoms with van der Waals surface area (Å²) in [6.07, 6.45) is 7.92. The maximum Gasteiger partial charge on any atom is 0.194 e. The van der Waals surface area contributed by atoms with Gasteiger partial charge in [0.15, 0.2) is 11.6 Å². The largest absolute Gasteiger partial charge is 0.289 e. The maximum absolute atomic E-state index is 13.3. The van der Waals surface area contributed by atoms with Crippen LogP contribution < -0.4 is 0 Å². The summed E-state index contributed by atoms with van der Waals surface area (Å²) in [5.41, 5.74) is 5.78. The molecule has 2 nitrogen and oxygen atoms in total. The summed E-state index contributed by atoms with van der Waals surface area (Å²) >= 11 is 0. The molecule has 0 radical (unpaired) electrons. The van der Waals surface area contributed by atoms with Crippen LogP contribution in [0.2, 0.25) is 0 Å². The average molecular weight is 412 g/mol. The van der Waals surface area contributed by atoms with E-state index >= 15 is 0 Å². The molecule has 0 aromatic heterocycles. The van der Waals surface area contributed by atoms with Gasteiger partial charge in [0.1, 0.15) is 0 Å². The molecule has 32 heavy (non-hydrogen) atoms. The normalized spacial score (nSPS) is 12.9. The molecule has 0 heterocycles. The number of carbonyl (C=O) groups is 2. The van der Waals surface area contributed by atoms with E-state index in [-0.39, 0.29) is 11.6 Å². The van der Waals surface area contributed by atoms with Crippen molar-refractivity contribution in [2.75, 3.05) is 0 Å². The number of hydrogen-bond acceptors (Lipinski definition) is 2. The molecule has 4 aromatic carbocycles. The molecule has 0 spiro atoms. The number of hydrogen-bond donors (Lipinski definition) is 0. The molecule has 0 bridgehead atoms. The Morgan fingerprint density at radius 1 is 0.375 bits per heavy atom. The summed E-state index contributed by atoms with van der Waals surface area (Å²) < 4.78 is 0. The van der Waals surface area contributed by atoms with Crippen LogP contribution in [-0.4, -0.2) is 11.6 Å². The van der Waals surface area contributed by atoms with Gasteiger partial charge in [-0.3, -0.25) is 9.59 Å². The van der Waals surface area contributed by atoms with Crippen molar-refractivity contribution >= 4 is 35.9 Å². The molecule has 5 rings (SSSR count). The van der Waals surface area contributed by atoms with Gasteiger partial charge in [-0.05, 0) is 46.5 Å². The molecule has 0 saturated heterocycles. The summed E-state index contributed by atoms with van der Waals surface area (Å²) in [4.78, 5) is 26.4. The highest BCUT2D eigenvalue weighted by atomic mass is 16.1. The molecular weight excluding hydrogens is 392 g/mol. The summed E-state index contributed by atoms with van der Waals surface area (Å²) in [6, 6.07) is 30.8. The van der Waals surface area contributed by atoms with Crippen molar-refractivity contribution in [2.45, 2.75) is 0 Å². The van der Waals surface area contributed by atoms with E-state index in [4.69, 9.17) is 0 Å². The summed E-state index contributed by atoms with van der Waals surface area (Å²) in [7, 11) is 0. The van der Waals surface area contributed by atoms with Gasteiger partial charge in [0.2, 0.25) is 0 Å². The first kappa shape index (κ1) is 19.7. The predicted octanol–water partition coefficient (Wildman–Crippen LogP) is 6.80. The third-order valence-electron chi connectivity index (χ3n) is 5.60. The lowest BCUT2D eigenvalue weighted by molar-refractivity contribution is 0.0979. The van der Waals surface area contributed by atoms with Crippen LogP contribution in [0.15, 0.2) is 97.1 Å². The number of rotatable bonds is 4. The van der Waals surface area contributed by atoms with Gasteiger partial charge in [-0.25, -0.2) is 0 Å². The fourth-order valence-corrected chi connectivity index (χ4v) is 3.91. The van der Waals surface area contributed by atoms with E-state index in [1.54, 1.807) is 12.1 Å². The van der Waals surface area contributed by atoms with Crippen LogP contribution in [0.25, 0.3) is 24.3 Å². The van der Waals surface area contributed by atoms with Crippen LogP contribution in [0.1, 0.15) is 54.1 Å². The number of ketones is 2. The molecule has 0 N–H and O–H groups in total. The molecule has 0 aliphatic heterocycles. The lowest BCUT2D eigenvalue weighted by Gasteiger charge is -2.18. The Hall–Kier alpha value is -4.30. The molecule has 0 amide bonds. The van der Waals surface area contributed by atoms with Gasteiger partial charge in [0.25, 0.3) is 0 Å². The quantitative estimate of drug-likeness (QED) is 0.304. The van der Waals surface area contributed by atoms with Crippen molar-refractivity contribution in [3.05, 3.63) is 142 Å². The van der Waals surface area contributed by atoms with Crippen molar-refractivity contribution in [1.29, 1.82) is 0 Å². The zero-order valence-electron chi connectivity index (χ0n) is 17.4. The molecule has 1 aliphatic carbocycles. The van der Waals surface area contributed by atoms with E-state index in [0.717, 1.165) is 22.3 Å². The summed E-state index contributed by atoms with van der Waals surface area (Å²) in [5.74, 6) is -0.216.